The molecule has 0 aromatic rings. The van der Waals surface area contributed by atoms with Crippen LogP contribution in [0.5, 0.6) is 0 Å². The predicted octanol–water partition coefficient (Wildman–Crippen LogP) is 6.52. The van der Waals surface area contributed by atoms with Crippen LogP contribution < -0.4 is 0 Å². The second-order valence-electron chi connectivity index (χ2n) is 7.08. The fourth-order valence-electron chi connectivity index (χ4n) is 2.15. The average Bonchev–Trinajstić information content (AvgIpc) is 2.69. The second-order valence-corrected chi connectivity index (χ2v) is 7.08. The Morgan fingerprint density at radius 3 is 0.966 bits per heavy atom. The van der Waals surface area contributed by atoms with Crippen molar-refractivity contribution in [2.45, 2.75) is 106 Å². The van der Waals surface area contributed by atoms with Crippen molar-refractivity contribution in [3.63, 3.8) is 0 Å². The van der Waals surface area contributed by atoms with Crippen LogP contribution in [0.25, 0.3) is 21.3 Å². The molecule has 29 heavy (non-hydrogen) atoms. The van der Waals surface area contributed by atoms with Crippen molar-refractivity contribution < 1.29 is 29.1 Å². The molecule has 4 unspecified atom stereocenters. The fraction of sp³-hybridized carbons (Fsp3) is 0.909. The van der Waals surface area contributed by atoms with Crippen molar-refractivity contribution in [2.24, 2.45) is 11.8 Å². The van der Waals surface area contributed by atoms with Crippen LogP contribution in [0.15, 0.2) is 0 Å². The van der Waals surface area contributed by atoms with Crippen LogP contribution in [0.2, 0.25) is 0 Å². The number of rotatable bonds is 12. The summed E-state index contributed by atoms with van der Waals surface area (Å²) in [5, 5.41) is 18.1. The van der Waals surface area contributed by atoms with E-state index in [2.05, 4.69) is 104 Å². The first-order chi connectivity index (χ1) is 13.2. The van der Waals surface area contributed by atoms with Gasteiger partial charge in [-0.3, -0.25) is 13.6 Å². The van der Waals surface area contributed by atoms with E-state index in [-0.39, 0.29) is 31.8 Å². The van der Waals surface area contributed by atoms with E-state index < -0.39 is 0 Å². The van der Waals surface area contributed by atoms with Crippen molar-refractivity contribution in [1.82, 2.24) is 0 Å². The van der Waals surface area contributed by atoms with E-state index in [4.69, 9.17) is 9.59 Å². The van der Waals surface area contributed by atoms with Gasteiger partial charge in [-0.25, -0.2) is 12.3 Å². The summed E-state index contributed by atoms with van der Waals surface area (Å²) in [5.74, 6) is 1.18. The number of hydrogen-bond acceptors (Lipinski definition) is 2. The van der Waals surface area contributed by atoms with E-state index in [0.29, 0.717) is 23.9 Å². The van der Waals surface area contributed by atoms with E-state index >= 15 is 0 Å². The summed E-state index contributed by atoms with van der Waals surface area (Å²) in [4.78, 5) is 15.5. The molecule has 0 saturated heterocycles. The van der Waals surface area contributed by atoms with Crippen molar-refractivity contribution in [2.75, 3.05) is 13.1 Å². The van der Waals surface area contributed by atoms with Gasteiger partial charge in [0.1, 0.15) is 0 Å². The minimum Gasteiger partial charge on any atom is -0.678 e. The van der Waals surface area contributed by atoms with Gasteiger partial charge in [0.05, 0.1) is 0 Å². The molecule has 7 heteroatoms. The molecule has 0 aromatic carbocycles. The molecule has 6 nitrogen and oxygen atoms in total. The molecule has 0 rings (SSSR count). The Morgan fingerprint density at radius 1 is 0.586 bits per heavy atom. The topological polar surface area (TPSA) is 90.5 Å². The van der Waals surface area contributed by atoms with E-state index in [9.17, 15) is 0 Å². The molecule has 0 amide bonds. The zero-order valence-electron chi connectivity index (χ0n) is 20.4. The van der Waals surface area contributed by atoms with E-state index in [0.717, 1.165) is 25.9 Å². The van der Waals surface area contributed by atoms with Crippen molar-refractivity contribution in [3.8, 4) is 0 Å². The maximum absolute atomic E-state index is 7.75. The summed E-state index contributed by atoms with van der Waals surface area (Å²) in [6, 6.07) is 0.804. The van der Waals surface area contributed by atoms with E-state index in [1.54, 1.807) is 0 Å². The molecule has 174 valence electrons. The molecule has 0 bridgehead atoms. The zero-order valence-corrected chi connectivity index (χ0v) is 22.1. The minimum atomic E-state index is 0. The normalized spacial score (nSPS) is 13.9. The molecule has 0 aliphatic heterocycles. The summed E-state index contributed by atoms with van der Waals surface area (Å²) in [6.45, 7) is 29.7. The van der Waals surface area contributed by atoms with E-state index in [1.807, 2.05) is 0 Å². The first-order valence-corrected chi connectivity index (χ1v) is 10.4. The average molecular weight is 500 g/mol. The summed E-state index contributed by atoms with van der Waals surface area (Å²) in [7, 11) is 0. The molecule has 0 spiro atoms. The summed E-state index contributed by atoms with van der Waals surface area (Å²) in [5.41, 5.74) is 0. The predicted molar refractivity (Wildman–Crippen MR) is 125 cm³/mol. The standard InChI is InChI=1S/2C10H22N2.2CHO.Ru/c2*1-6-9(5)10(11-7-2)12-8(3)4;2*1-2;/h2*8-10H,6-7H2,1-5H3;2*1H;/q2*-2;2*-1;+6. The van der Waals surface area contributed by atoms with Crippen LogP contribution in [0.1, 0.15) is 82.1 Å². The van der Waals surface area contributed by atoms with Gasteiger partial charge in [0, 0.05) is 0 Å². The van der Waals surface area contributed by atoms with Gasteiger partial charge in [-0.05, 0) is 0 Å². The van der Waals surface area contributed by atoms with Gasteiger partial charge >= 0.3 is 19.5 Å². The molecule has 0 radical (unpaired) electrons. The quantitative estimate of drug-likeness (QED) is 0.174. The van der Waals surface area contributed by atoms with Crippen LogP contribution in [0.4, 0.5) is 0 Å². The van der Waals surface area contributed by atoms with Gasteiger partial charge in [-0.2, -0.15) is 13.1 Å². The van der Waals surface area contributed by atoms with Crippen LogP contribution in [-0.4, -0.2) is 51.1 Å². The Kier molecular flexibility index (Phi) is 40.7. The Balaban J connectivity index is -0.000000109. The van der Waals surface area contributed by atoms with Crippen molar-refractivity contribution in [1.29, 1.82) is 0 Å². The Hall–Kier alpha value is -0.197. The fourth-order valence-corrected chi connectivity index (χ4v) is 2.15. The smallest absolute Gasteiger partial charge is 0.678 e. The van der Waals surface area contributed by atoms with Crippen LogP contribution >= 0.6 is 0 Å². The molecular formula is C22H46N4O2Ru. The third-order valence-corrected chi connectivity index (χ3v) is 3.95. The Bertz CT molecular complexity index is 270. The van der Waals surface area contributed by atoms with Crippen molar-refractivity contribution in [3.05, 3.63) is 21.3 Å². The second kappa shape index (κ2) is 30.0. The molecule has 0 N–H and O–H groups in total. The number of nitrogens with zero attached hydrogens (tertiary/aromatic N) is 4. The molecule has 0 saturated carbocycles. The molecule has 0 fully saturated rings. The van der Waals surface area contributed by atoms with Crippen LogP contribution in [0.3, 0.4) is 0 Å². The van der Waals surface area contributed by atoms with Gasteiger partial charge in [-0.15, -0.1) is 12.1 Å². The van der Waals surface area contributed by atoms with Gasteiger partial charge in [-0.1, -0.05) is 93.9 Å². The Morgan fingerprint density at radius 2 is 0.828 bits per heavy atom. The third-order valence-electron chi connectivity index (χ3n) is 3.95. The largest absolute Gasteiger partial charge is 6.00 e. The Labute approximate surface area is 195 Å². The molecule has 0 heterocycles. The maximum Gasteiger partial charge on any atom is 6.00 e. The maximum atomic E-state index is 7.75. The molecule has 0 aromatic heterocycles. The third kappa shape index (κ3) is 27.8. The van der Waals surface area contributed by atoms with Crippen molar-refractivity contribution >= 4 is 13.6 Å². The zero-order chi connectivity index (χ0) is 23.1. The summed E-state index contributed by atoms with van der Waals surface area (Å²) in [6.07, 6.45) is 2.76. The number of carbonyl (C=O) groups excluding carboxylic acids is 2. The van der Waals surface area contributed by atoms with Crippen LogP contribution in [-0.2, 0) is 29.1 Å². The summed E-state index contributed by atoms with van der Waals surface area (Å²) >= 11 is 0. The van der Waals surface area contributed by atoms with Crippen LogP contribution in [0, 0.1) is 11.8 Å². The monoisotopic (exact) mass is 500 g/mol. The molecule has 0 aliphatic rings. The number of hydrogen-bond donors (Lipinski definition) is 0. The van der Waals surface area contributed by atoms with Gasteiger partial charge in [0.15, 0.2) is 0 Å². The van der Waals surface area contributed by atoms with Gasteiger partial charge in [0.25, 0.3) is 0 Å². The van der Waals surface area contributed by atoms with Gasteiger partial charge < -0.3 is 30.9 Å². The first kappa shape index (κ1) is 39.3. The SMILES string of the molecule is CC[N-]C([N-]C(C)C)C(C)CC.CC[N-]C([N-]C(C)C)C(C)CC.[CH-]=O.[CH-]=O.[Ru+6]. The van der Waals surface area contributed by atoms with E-state index in [1.165, 1.54) is 0 Å². The molecule has 0 aliphatic carbocycles. The molecular weight excluding hydrogens is 453 g/mol. The first-order valence-electron chi connectivity index (χ1n) is 10.4. The minimum absolute atomic E-state index is 0. The summed E-state index contributed by atoms with van der Waals surface area (Å²) < 4.78 is 0. The molecule has 4 atom stereocenters. The van der Waals surface area contributed by atoms with Gasteiger partial charge in [0.2, 0.25) is 0 Å².